The second-order valence-corrected chi connectivity index (χ2v) is 5.27. The lowest BCUT2D eigenvalue weighted by Gasteiger charge is -2.16. The third kappa shape index (κ3) is 3.25. The van der Waals surface area contributed by atoms with E-state index in [1.807, 2.05) is 19.9 Å². The lowest BCUT2D eigenvalue weighted by Crippen LogP contribution is -2.09. The minimum atomic E-state index is -0.384. The lowest BCUT2D eigenvalue weighted by atomic mass is 10.0. The highest BCUT2D eigenvalue weighted by molar-refractivity contribution is 7.15. The zero-order chi connectivity index (χ0) is 13.8. The van der Waals surface area contributed by atoms with Gasteiger partial charge in [0, 0.05) is 12.1 Å². The van der Waals surface area contributed by atoms with E-state index in [9.17, 15) is 10.1 Å². The summed E-state index contributed by atoms with van der Waals surface area (Å²) < 4.78 is 0. The van der Waals surface area contributed by atoms with Crippen molar-refractivity contribution in [2.24, 2.45) is 0 Å². The number of nitrogens with one attached hydrogen (secondary N) is 1. The molecule has 1 N–H and O–H groups in total. The molecule has 1 aromatic heterocycles. The van der Waals surface area contributed by atoms with Crippen molar-refractivity contribution in [1.29, 1.82) is 0 Å². The molecular weight excluding hydrogens is 264 g/mol. The van der Waals surface area contributed by atoms with Crippen LogP contribution in [-0.4, -0.2) is 15.1 Å². The van der Waals surface area contributed by atoms with Gasteiger partial charge in [0.1, 0.15) is 5.01 Å². The SMILES string of the molecule is CCC(Nc1nnc(C)s1)c1cccc([N+](=O)[O-])c1. The summed E-state index contributed by atoms with van der Waals surface area (Å²) in [5.74, 6) is 0. The van der Waals surface area contributed by atoms with Gasteiger partial charge in [0.2, 0.25) is 5.13 Å². The van der Waals surface area contributed by atoms with Crippen molar-refractivity contribution in [3.05, 3.63) is 45.0 Å². The number of anilines is 1. The highest BCUT2D eigenvalue weighted by Crippen LogP contribution is 2.26. The van der Waals surface area contributed by atoms with Crippen LogP contribution >= 0.6 is 11.3 Å². The Kier molecular flexibility index (Phi) is 4.06. The summed E-state index contributed by atoms with van der Waals surface area (Å²) in [5, 5.41) is 23.6. The smallest absolute Gasteiger partial charge is 0.269 e. The largest absolute Gasteiger partial charge is 0.353 e. The molecule has 100 valence electrons. The van der Waals surface area contributed by atoms with Gasteiger partial charge in [-0.3, -0.25) is 10.1 Å². The van der Waals surface area contributed by atoms with Crippen LogP contribution in [0.5, 0.6) is 0 Å². The molecule has 6 nitrogen and oxygen atoms in total. The molecule has 0 aliphatic carbocycles. The van der Waals surface area contributed by atoms with Gasteiger partial charge in [0.15, 0.2) is 0 Å². The summed E-state index contributed by atoms with van der Waals surface area (Å²) in [7, 11) is 0. The predicted octanol–water partition coefficient (Wildman–Crippen LogP) is 3.32. The highest BCUT2D eigenvalue weighted by atomic mass is 32.1. The molecule has 0 aliphatic rings. The van der Waals surface area contributed by atoms with E-state index in [1.165, 1.54) is 17.4 Å². The van der Waals surface area contributed by atoms with Gasteiger partial charge >= 0.3 is 0 Å². The number of benzene rings is 1. The number of hydrogen-bond donors (Lipinski definition) is 1. The fourth-order valence-electron chi connectivity index (χ4n) is 1.78. The molecule has 0 fully saturated rings. The van der Waals surface area contributed by atoms with E-state index in [1.54, 1.807) is 12.1 Å². The molecule has 1 atom stereocenters. The van der Waals surface area contributed by atoms with Crippen LogP contribution in [0.2, 0.25) is 0 Å². The molecule has 2 rings (SSSR count). The van der Waals surface area contributed by atoms with Crippen LogP contribution in [0, 0.1) is 17.0 Å². The number of rotatable bonds is 5. The number of aromatic nitrogens is 2. The van der Waals surface area contributed by atoms with Crippen LogP contribution in [0.1, 0.15) is 30.0 Å². The monoisotopic (exact) mass is 278 g/mol. The normalized spacial score (nSPS) is 12.1. The molecule has 7 heteroatoms. The summed E-state index contributed by atoms with van der Waals surface area (Å²) in [4.78, 5) is 10.4. The average Bonchev–Trinajstić information content (AvgIpc) is 2.81. The average molecular weight is 278 g/mol. The topological polar surface area (TPSA) is 81.0 Å². The van der Waals surface area contributed by atoms with Crippen molar-refractivity contribution in [3.8, 4) is 0 Å². The van der Waals surface area contributed by atoms with Gasteiger partial charge in [-0.05, 0) is 18.9 Å². The summed E-state index contributed by atoms with van der Waals surface area (Å²) in [6, 6.07) is 6.65. The van der Waals surface area contributed by atoms with Crippen molar-refractivity contribution in [2.75, 3.05) is 5.32 Å². The Morgan fingerprint density at radius 3 is 2.84 bits per heavy atom. The van der Waals surface area contributed by atoms with E-state index < -0.39 is 0 Å². The molecule has 0 saturated heterocycles. The summed E-state index contributed by atoms with van der Waals surface area (Å²) in [6.45, 7) is 3.90. The van der Waals surface area contributed by atoms with Crippen LogP contribution in [-0.2, 0) is 0 Å². The molecule has 0 amide bonds. The molecule has 0 aliphatic heterocycles. The Morgan fingerprint density at radius 2 is 2.26 bits per heavy atom. The number of nitro benzene ring substituents is 1. The molecule has 1 unspecified atom stereocenters. The Bertz CT molecular complexity index is 585. The molecule has 0 spiro atoms. The molecule has 0 bridgehead atoms. The number of non-ortho nitro benzene ring substituents is 1. The Hall–Kier alpha value is -2.02. The van der Waals surface area contributed by atoms with E-state index in [0.29, 0.717) is 0 Å². The number of hydrogen-bond acceptors (Lipinski definition) is 6. The minimum absolute atomic E-state index is 0.00718. The molecule has 1 aromatic carbocycles. The molecule has 0 saturated carbocycles. The maximum Gasteiger partial charge on any atom is 0.269 e. The van der Waals surface area contributed by atoms with Crippen molar-refractivity contribution < 1.29 is 4.92 Å². The predicted molar refractivity (Wildman–Crippen MR) is 74.4 cm³/mol. The van der Waals surface area contributed by atoms with Gasteiger partial charge in [-0.25, -0.2) is 0 Å². The standard InChI is InChI=1S/C12H14N4O2S/c1-3-11(13-12-15-14-8(2)19-12)9-5-4-6-10(7-9)16(17)18/h4-7,11H,3H2,1-2H3,(H,13,15). The molecule has 1 heterocycles. The molecule has 19 heavy (non-hydrogen) atoms. The first kappa shape index (κ1) is 13.4. The Morgan fingerprint density at radius 1 is 1.47 bits per heavy atom. The molecule has 2 aromatic rings. The Balaban J connectivity index is 2.21. The first-order chi connectivity index (χ1) is 9.10. The van der Waals surface area contributed by atoms with Gasteiger partial charge in [-0.2, -0.15) is 0 Å². The second-order valence-electron chi connectivity index (χ2n) is 4.08. The molecular formula is C12H14N4O2S. The maximum atomic E-state index is 10.8. The van der Waals surface area contributed by atoms with Gasteiger partial charge in [0.25, 0.3) is 5.69 Å². The van der Waals surface area contributed by atoms with Crippen molar-refractivity contribution in [2.45, 2.75) is 26.3 Å². The van der Waals surface area contributed by atoms with Gasteiger partial charge in [0.05, 0.1) is 11.0 Å². The van der Waals surface area contributed by atoms with E-state index in [-0.39, 0.29) is 16.7 Å². The summed E-state index contributed by atoms with van der Waals surface area (Å²) in [5.41, 5.74) is 0.982. The van der Waals surface area contributed by atoms with E-state index in [2.05, 4.69) is 15.5 Å². The van der Waals surface area contributed by atoms with Crippen LogP contribution in [0.25, 0.3) is 0 Å². The zero-order valence-electron chi connectivity index (χ0n) is 10.7. The second kappa shape index (κ2) is 5.75. The summed E-state index contributed by atoms with van der Waals surface area (Å²) >= 11 is 1.47. The summed E-state index contributed by atoms with van der Waals surface area (Å²) in [6.07, 6.45) is 0.805. The maximum absolute atomic E-state index is 10.8. The first-order valence-electron chi connectivity index (χ1n) is 5.91. The highest BCUT2D eigenvalue weighted by Gasteiger charge is 2.14. The van der Waals surface area contributed by atoms with Crippen molar-refractivity contribution >= 4 is 22.2 Å². The third-order valence-corrected chi connectivity index (χ3v) is 3.49. The van der Waals surface area contributed by atoms with Crippen molar-refractivity contribution in [1.82, 2.24) is 10.2 Å². The van der Waals surface area contributed by atoms with Crippen molar-refractivity contribution in [3.63, 3.8) is 0 Å². The zero-order valence-corrected chi connectivity index (χ0v) is 11.5. The fourth-order valence-corrected chi connectivity index (χ4v) is 2.42. The number of nitro groups is 1. The number of nitrogens with zero attached hydrogens (tertiary/aromatic N) is 3. The quantitative estimate of drug-likeness (QED) is 0.670. The fraction of sp³-hybridized carbons (Fsp3) is 0.333. The van der Waals surface area contributed by atoms with E-state index >= 15 is 0 Å². The minimum Gasteiger partial charge on any atom is -0.353 e. The van der Waals surface area contributed by atoms with E-state index in [0.717, 1.165) is 22.1 Å². The molecule has 0 radical (unpaired) electrons. The third-order valence-electron chi connectivity index (χ3n) is 2.72. The van der Waals surface area contributed by atoms with Gasteiger partial charge in [-0.15, -0.1) is 10.2 Å². The van der Waals surface area contributed by atoms with Crippen LogP contribution in [0.4, 0.5) is 10.8 Å². The van der Waals surface area contributed by atoms with Crippen LogP contribution in [0.3, 0.4) is 0 Å². The van der Waals surface area contributed by atoms with Crippen LogP contribution in [0.15, 0.2) is 24.3 Å². The first-order valence-corrected chi connectivity index (χ1v) is 6.72. The van der Waals surface area contributed by atoms with E-state index in [4.69, 9.17) is 0 Å². The van der Waals surface area contributed by atoms with Gasteiger partial charge in [-0.1, -0.05) is 30.4 Å². The van der Waals surface area contributed by atoms with Crippen LogP contribution < -0.4 is 5.32 Å². The Labute approximate surface area is 114 Å². The number of aryl methyl sites for hydroxylation is 1. The van der Waals surface area contributed by atoms with Gasteiger partial charge < -0.3 is 5.32 Å². The lowest BCUT2D eigenvalue weighted by molar-refractivity contribution is -0.384.